The van der Waals surface area contributed by atoms with Crippen LogP contribution in [0.2, 0.25) is 0 Å². The first-order chi connectivity index (χ1) is 13.2. The molecule has 2 heterocycles. The molecule has 3 aromatic rings. The van der Waals surface area contributed by atoms with Crippen molar-refractivity contribution in [3.05, 3.63) is 54.9 Å². The van der Waals surface area contributed by atoms with Crippen molar-refractivity contribution >= 4 is 34.3 Å². The Morgan fingerprint density at radius 1 is 1.11 bits per heavy atom. The molecule has 4 rings (SSSR count). The first-order valence-corrected chi connectivity index (χ1v) is 9.20. The molecular formula is C22H22N4O. The van der Waals surface area contributed by atoms with Gasteiger partial charge >= 0.3 is 0 Å². The summed E-state index contributed by atoms with van der Waals surface area (Å²) in [6, 6.07) is 14.7. The zero-order valence-corrected chi connectivity index (χ0v) is 15.3. The van der Waals surface area contributed by atoms with Crippen LogP contribution < -0.4 is 10.6 Å². The van der Waals surface area contributed by atoms with Crippen molar-refractivity contribution in [2.24, 2.45) is 4.99 Å². The maximum Gasteiger partial charge on any atom is 0.221 e. The Labute approximate surface area is 158 Å². The molecule has 1 amide bonds. The van der Waals surface area contributed by atoms with E-state index in [-0.39, 0.29) is 5.91 Å². The molecule has 0 fully saturated rings. The van der Waals surface area contributed by atoms with Crippen LogP contribution in [0, 0.1) is 0 Å². The van der Waals surface area contributed by atoms with E-state index < -0.39 is 0 Å². The number of aromatic nitrogens is 1. The second-order valence-electron chi connectivity index (χ2n) is 6.83. The Hall–Kier alpha value is -3.21. The van der Waals surface area contributed by atoms with Gasteiger partial charge < -0.3 is 10.6 Å². The lowest BCUT2D eigenvalue weighted by Gasteiger charge is -2.22. The third kappa shape index (κ3) is 3.97. The minimum atomic E-state index is -0.0662. The molecule has 0 radical (unpaired) electrons. The summed E-state index contributed by atoms with van der Waals surface area (Å²) in [5.74, 6) is -0.0662. The molecule has 2 aromatic carbocycles. The predicted molar refractivity (Wildman–Crippen MR) is 111 cm³/mol. The number of rotatable bonds is 4. The van der Waals surface area contributed by atoms with E-state index in [9.17, 15) is 4.79 Å². The Morgan fingerprint density at radius 3 is 2.70 bits per heavy atom. The highest BCUT2D eigenvalue weighted by Gasteiger charge is 2.13. The monoisotopic (exact) mass is 358 g/mol. The van der Waals surface area contributed by atoms with Gasteiger partial charge in [0.25, 0.3) is 0 Å². The molecule has 1 aliphatic heterocycles. The van der Waals surface area contributed by atoms with Crippen LogP contribution in [-0.2, 0) is 4.79 Å². The Balaban J connectivity index is 1.70. The maximum atomic E-state index is 11.2. The number of nitrogens with zero attached hydrogens (tertiary/aromatic N) is 2. The fourth-order valence-corrected chi connectivity index (χ4v) is 3.43. The molecule has 0 spiro atoms. The van der Waals surface area contributed by atoms with Gasteiger partial charge in [0.15, 0.2) is 0 Å². The molecule has 5 heteroatoms. The van der Waals surface area contributed by atoms with Crippen molar-refractivity contribution in [2.75, 3.05) is 17.2 Å². The van der Waals surface area contributed by atoms with Gasteiger partial charge in [0, 0.05) is 61.3 Å². The number of amides is 1. The van der Waals surface area contributed by atoms with Gasteiger partial charge in [-0.25, -0.2) is 0 Å². The van der Waals surface area contributed by atoms with Gasteiger partial charge in [0.2, 0.25) is 5.91 Å². The minimum Gasteiger partial charge on any atom is -0.381 e. The standard InChI is InChI=1S/C22H22N4O/c1-15(27)25-19-4-2-16(3-5-19)18-12-17-6-9-24-14-21(17)22(13-18)26-20-7-10-23-11-8-20/h2-6,9-10,12-14,20,26H,7-8,11H2,1H3,(H,25,27). The van der Waals surface area contributed by atoms with E-state index >= 15 is 0 Å². The largest absolute Gasteiger partial charge is 0.381 e. The number of anilines is 2. The SMILES string of the molecule is CC(=O)Nc1ccc(-c2cc(NC3CC=NCC3)c3cnccc3c2)cc1. The molecule has 5 nitrogen and oxygen atoms in total. The van der Waals surface area contributed by atoms with Gasteiger partial charge in [0.05, 0.1) is 0 Å². The minimum absolute atomic E-state index is 0.0662. The lowest BCUT2D eigenvalue weighted by atomic mass is 9.99. The summed E-state index contributed by atoms with van der Waals surface area (Å²) < 4.78 is 0. The molecule has 27 heavy (non-hydrogen) atoms. The summed E-state index contributed by atoms with van der Waals surface area (Å²) in [6.07, 6.45) is 7.72. The molecule has 0 bridgehead atoms. The molecule has 2 N–H and O–H groups in total. The number of hydrogen-bond acceptors (Lipinski definition) is 4. The van der Waals surface area contributed by atoms with Crippen molar-refractivity contribution in [1.29, 1.82) is 0 Å². The summed E-state index contributed by atoms with van der Waals surface area (Å²) in [6.45, 7) is 2.39. The van der Waals surface area contributed by atoms with E-state index in [0.717, 1.165) is 52.7 Å². The summed E-state index contributed by atoms with van der Waals surface area (Å²) in [4.78, 5) is 19.8. The van der Waals surface area contributed by atoms with Crippen LogP contribution in [0.3, 0.4) is 0 Å². The molecule has 136 valence electrons. The van der Waals surface area contributed by atoms with Crippen molar-refractivity contribution in [1.82, 2.24) is 4.98 Å². The van der Waals surface area contributed by atoms with Crippen LogP contribution in [0.4, 0.5) is 11.4 Å². The number of hydrogen-bond donors (Lipinski definition) is 2. The number of benzene rings is 2. The summed E-state index contributed by atoms with van der Waals surface area (Å²) in [5, 5.41) is 8.77. The van der Waals surface area contributed by atoms with E-state index in [0.29, 0.717) is 6.04 Å². The number of pyridine rings is 1. The van der Waals surface area contributed by atoms with E-state index in [2.05, 4.69) is 32.7 Å². The Bertz CT molecular complexity index is 995. The topological polar surface area (TPSA) is 66.4 Å². The first-order valence-electron chi connectivity index (χ1n) is 9.20. The van der Waals surface area contributed by atoms with E-state index in [1.807, 2.05) is 48.9 Å². The number of carbonyl (C=O) groups is 1. The van der Waals surface area contributed by atoms with Crippen LogP contribution in [-0.4, -0.2) is 29.7 Å². The molecule has 1 atom stereocenters. The average Bonchev–Trinajstić information content (AvgIpc) is 2.69. The fraction of sp³-hybridized carbons (Fsp3) is 0.227. The molecule has 1 aliphatic rings. The highest BCUT2D eigenvalue weighted by atomic mass is 16.1. The molecule has 0 aliphatic carbocycles. The molecule has 1 aromatic heterocycles. The van der Waals surface area contributed by atoms with Gasteiger partial charge in [-0.05, 0) is 53.3 Å². The molecule has 0 saturated carbocycles. The van der Waals surface area contributed by atoms with Crippen molar-refractivity contribution in [3.8, 4) is 11.1 Å². The van der Waals surface area contributed by atoms with E-state index in [1.165, 1.54) is 6.92 Å². The fourth-order valence-electron chi connectivity index (χ4n) is 3.43. The number of carbonyl (C=O) groups excluding carboxylic acids is 1. The van der Waals surface area contributed by atoms with Crippen LogP contribution >= 0.6 is 0 Å². The van der Waals surface area contributed by atoms with Crippen LogP contribution in [0.5, 0.6) is 0 Å². The normalized spacial score (nSPS) is 16.3. The van der Waals surface area contributed by atoms with E-state index in [4.69, 9.17) is 0 Å². The highest BCUT2D eigenvalue weighted by Crippen LogP contribution is 2.32. The smallest absolute Gasteiger partial charge is 0.221 e. The predicted octanol–water partition coefficient (Wildman–Crippen LogP) is 4.51. The van der Waals surface area contributed by atoms with Gasteiger partial charge in [-0.15, -0.1) is 0 Å². The second kappa shape index (κ2) is 7.58. The van der Waals surface area contributed by atoms with Gasteiger partial charge in [0.1, 0.15) is 0 Å². The third-order valence-electron chi connectivity index (χ3n) is 4.78. The lowest BCUT2D eigenvalue weighted by molar-refractivity contribution is -0.114. The summed E-state index contributed by atoms with van der Waals surface area (Å²) >= 11 is 0. The summed E-state index contributed by atoms with van der Waals surface area (Å²) in [7, 11) is 0. The summed E-state index contributed by atoms with van der Waals surface area (Å²) in [5.41, 5.74) is 4.14. The van der Waals surface area contributed by atoms with Crippen LogP contribution in [0.1, 0.15) is 19.8 Å². The Kier molecular flexibility index (Phi) is 4.83. The van der Waals surface area contributed by atoms with Crippen molar-refractivity contribution < 1.29 is 4.79 Å². The Morgan fingerprint density at radius 2 is 1.96 bits per heavy atom. The van der Waals surface area contributed by atoms with Crippen molar-refractivity contribution in [3.63, 3.8) is 0 Å². The molecular weight excluding hydrogens is 336 g/mol. The lowest BCUT2D eigenvalue weighted by Crippen LogP contribution is -2.23. The number of aliphatic imine (C=N–C) groups is 1. The quantitative estimate of drug-likeness (QED) is 0.721. The van der Waals surface area contributed by atoms with Gasteiger partial charge in [-0.1, -0.05) is 12.1 Å². The van der Waals surface area contributed by atoms with E-state index in [1.54, 1.807) is 0 Å². The zero-order chi connectivity index (χ0) is 18.6. The van der Waals surface area contributed by atoms with Crippen LogP contribution in [0.25, 0.3) is 21.9 Å². The highest BCUT2D eigenvalue weighted by molar-refractivity contribution is 5.97. The number of fused-ring (bicyclic) bond motifs is 1. The first kappa shape index (κ1) is 17.2. The second-order valence-corrected chi connectivity index (χ2v) is 6.83. The average molecular weight is 358 g/mol. The zero-order valence-electron chi connectivity index (χ0n) is 15.3. The maximum absolute atomic E-state index is 11.2. The molecule has 1 unspecified atom stereocenters. The van der Waals surface area contributed by atoms with Crippen LogP contribution in [0.15, 0.2) is 59.9 Å². The van der Waals surface area contributed by atoms with Crippen molar-refractivity contribution in [2.45, 2.75) is 25.8 Å². The van der Waals surface area contributed by atoms with Gasteiger partial charge in [-0.3, -0.25) is 14.8 Å². The van der Waals surface area contributed by atoms with Gasteiger partial charge in [-0.2, -0.15) is 0 Å². The molecule has 0 saturated heterocycles. The number of nitrogens with one attached hydrogen (secondary N) is 2. The third-order valence-corrected chi connectivity index (χ3v) is 4.78.